The molecule has 1 aliphatic rings. The van der Waals surface area contributed by atoms with Gasteiger partial charge in [0.05, 0.1) is 27.5 Å². The van der Waals surface area contributed by atoms with Crippen LogP contribution in [0.4, 0.5) is 10.1 Å². The first-order chi connectivity index (χ1) is 13.0. The van der Waals surface area contributed by atoms with Gasteiger partial charge in [0.1, 0.15) is 5.82 Å². The molecule has 3 aromatic carbocycles. The lowest BCUT2D eigenvalue weighted by Gasteiger charge is -2.24. The maximum absolute atomic E-state index is 14.5. The van der Waals surface area contributed by atoms with Gasteiger partial charge in [-0.05, 0) is 42.0 Å². The van der Waals surface area contributed by atoms with E-state index in [2.05, 4.69) is 0 Å². The Hall–Kier alpha value is -2.07. The van der Waals surface area contributed by atoms with E-state index in [4.69, 9.17) is 39.9 Å². The maximum Gasteiger partial charge on any atom is 0.128 e. The number of benzene rings is 3. The quantitative estimate of drug-likeness (QED) is 0.440. The van der Waals surface area contributed by atoms with Crippen molar-refractivity contribution in [2.24, 2.45) is 5.10 Å². The fourth-order valence-electron chi connectivity index (χ4n) is 3.18. The Balaban J connectivity index is 1.79. The molecule has 3 aromatic rings. The third-order valence-electron chi connectivity index (χ3n) is 4.52. The lowest BCUT2D eigenvalue weighted by molar-refractivity contribution is 0.579. The van der Waals surface area contributed by atoms with E-state index in [1.165, 1.54) is 6.07 Å². The van der Waals surface area contributed by atoms with Crippen molar-refractivity contribution >= 4 is 46.2 Å². The Morgan fingerprint density at radius 2 is 1.63 bits per heavy atom. The summed E-state index contributed by atoms with van der Waals surface area (Å²) >= 11 is 18.2. The van der Waals surface area contributed by atoms with Crippen LogP contribution in [0.25, 0.3) is 0 Å². The molecule has 0 saturated carbocycles. The van der Waals surface area contributed by atoms with Crippen LogP contribution in [0.3, 0.4) is 0 Å². The number of rotatable bonds is 3. The Kier molecular flexibility index (Phi) is 5.09. The molecule has 0 aromatic heterocycles. The molecule has 0 radical (unpaired) electrons. The minimum atomic E-state index is -0.283. The monoisotopic (exact) mass is 418 g/mol. The van der Waals surface area contributed by atoms with Gasteiger partial charge in [-0.25, -0.2) is 4.39 Å². The molecule has 27 heavy (non-hydrogen) atoms. The van der Waals surface area contributed by atoms with Crippen LogP contribution < -0.4 is 5.01 Å². The average Bonchev–Trinajstić information content (AvgIpc) is 3.10. The topological polar surface area (TPSA) is 15.6 Å². The largest absolute Gasteiger partial charge is 0.257 e. The fraction of sp³-hybridized carbons (Fsp3) is 0.0952. The minimum absolute atomic E-state index is 0.264. The van der Waals surface area contributed by atoms with E-state index in [-0.39, 0.29) is 11.9 Å². The predicted octanol–water partition coefficient (Wildman–Crippen LogP) is 7.14. The third-order valence-corrected chi connectivity index (χ3v) is 5.51. The highest BCUT2D eigenvalue weighted by Gasteiger charge is 2.31. The summed E-state index contributed by atoms with van der Waals surface area (Å²) < 4.78 is 14.5. The Morgan fingerprint density at radius 3 is 2.33 bits per heavy atom. The number of anilines is 1. The average molecular weight is 420 g/mol. The fourth-order valence-corrected chi connectivity index (χ4v) is 3.60. The van der Waals surface area contributed by atoms with Crippen LogP contribution in [0, 0.1) is 5.82 Å². The Bertz CT molecular complexity index is 1020. The highest BCUT2D eigenvalue weighted by atomic mass is 35.5. The summed E-state index contributed by atoms with van der Waals surface area (Å²) in [5, 5.41) is 8.11. The van der Waals surface area contributed by atoms with E-state index in [1.54, 1.807) is 29.3 Å². The summed E-state index contributed by atoms with van der Waals surface area (Å²) in [5.74, 6) is -0.264. The highest BCUT2D eigenvalue weighted by molar-refractivity contribution is 6.42. The van der Waals surface area contributed by atoms with E-state index in [0.29, 0.717) is 27.1 Å². The molecule has 4 rings (SSSR count). The van der Waals surface area contributed by atoms with Crippen LogP contribution >= 0.6 is 34.8 Å². The first kappa shape index (κ1) is 18.3. The highest BCUT2D eigenvalue weighted by Crippen LogP contribution is 2.39. The lowest BCUT2D eigenvalue weighted by Crippen LogP contribution is -2.19. The molecule has 1 aliphatic heterocycles. The summed E-state index contributed by atoms with van der Waals surface area (Å²) in [5.41, 5.74) is 3.13. The van der Waals surface area contributed by atoms with Crippen LogP contribution in [0.1, 0.15) is 23.6 Å². The molecule has 1 atom stereocenters. The normalized spacial score (nSPS) is 16.5. The van der Waals surface area contributed by atoms with Crippen LogP contribution in [0.2, 0.25) is 15.1 Å². The maximum atomic E-state index is 14.5. The molecular weight excluding hydrogens is 406 g/mol. The first-order valence-corrected chi connectivity index (χ1v) is 9.48. The molecule has 0 unspecified atom stereocenters. The number of hydrogen-bond acceptors (Lipinski definition) is 2. The smallest absolute Gasteiger partial charge is 0.128 e. The van der Waals surface area contributed by atoms with Crippen molar-refractivity contribution in [3.05, 3.63) is 98.7 Å². The standard InChI is InChI=1S/C21H14Cl3FN2/c22-14-7-5-13(6-8-14)20-12-21(16-3-1-2-4-19(16)25)27(26-20)15-9-10-17(23)18(24)11-15/h1-11,21H,12H2/t21-/m1/s1. The van der Waals surface area contributed by atoms with Crippen molar-refractivity contribution in [2.75, 3.05) is 5.01 Å². The van der Waals surface area contributed by atoms with Crippen molar-refractivity contribution in [2.45, 2.75) is 12.5 Å². The number of halogens is 4. The summed E-state index contributed by atoms with van der Waals surface area (Å²) in [4.78, 5) is 0. The molecule has 0 aliphatic carbocycles. The van der Waals surface area contributed by atoms with Gasteiger partial charge in [0.15, 0.2) is 0 Å². The summed E-state index contributed by atoms with van der Waals surface area (Å²) in [6.45, 7) is 0. The molecule has 136 valence electrons. The zero-order valence-corrected chi connectivity index (χ0v) is 16.3. The van der Waals surface area contributed by atoms with Gasteiger partial charge in [-0.2, -0.15) is 5.10 Å². The summed E-state index contributed by atoms with van der Waals surface area (Å²) in [6.07, 6.45) is 0.558. The number of nitrogens with zero attached hydrogens (tertiary/aromatic N) is 2. The Morgan fingerprint density at radius 1 is 0.889 bits per heavy atom. The molecule has 2 nitrogen and oxygen atoms in total. The lowest BCUT2D eigenvalue weighted by atomic mass is 9.98. The van der Waals surface area contributed by atoms with Gasteiger partial charge in [-0.1, -0.05) is 65.1 Å². The van der Waals surface area contributed by atoms with Gasteiger partial charge < -0.3 is 0 Å². The molecule has 0 bridgehead atoms. The molecule has 1 heterocycles. The third kappa shape index (κ3) is 3.68. The van der Waals surface area contributed by atoms with Crippen molar-refractivity contribution in [3.8, 4) is 0 Å². The van der Waals surface area contributed by atoms with Crippen molar-refractivity contribution in [3.63, 3.8) is 0 Å². The van der Waals surface area contributed by atoms with Gasteiger partial charge >= 0.3 is 0 Å². The summed E-state index contributed by atoms with van der Waals surface area (Å²) in [6, 6.07) is 19.2. The van der Waals surface area contributed by atoms with E-state index in [9.17, 15) is 4.39 Å². The second kappa shape index (κ2) is 7.51. The summed E-state index contributed by atoms with van der Waals surface area (Å²) in [7, 11) is 0. The van der Waals surface area contributed by atoms with Crippen molar-refractivity contribution in [1.29, 1.82) is 0 Å². The second-order valence-electron chi connectivity index (χ2n) is 6.24. The Labute approximate surface area is 171 Å². The van der Waals surface area contributed by atoms with Crippen LogP contribution in [-0.4, -0.2) is 5.71 Å². The van der Waals surface area contributed by atoms with Crippen LogP contribution in [-0.2, 0) is 0 Å². The van der Waals surface area contributed by atoms with Crippen LogP contribution in [0.15, 0.2) is 71.8 Å². The first-order valence-electron chi connectivity index (χ1n) is 8.35. The molecule has 0 saturated heterocycles. The molecule has 0 amide bonds. The number of hydrazone groups is 1. The number of hydrogen-bond donors (Lipinski definition) is 0. The molecule has 0 N–H and O–H groups in total. The molecule has 0 spiro atoms. The van der Waals surface area contributed by atoms with Gasteiger partial charge in [-0.15, -0.1) is 0 Å². The van der Waals surface area contributed by atoms with E-state index in [0.717, 1.165) is 17.0 Å². The zero-order valence-electron chi connectivity index (χ0n) is 14.0. The van der Waals surface area contributed by atoms with E-state index in [1.807, 2.05) is 36.4 Å². The van der Waals surface area contributed by atoms with Crippen molar-refractivity contribution < 1.29 is 4.39 Å². The van der Waals surface area contributed by atoms with Gasteiger partial charge in [0, 0.05) is 17.0 Å². The zero-order chi connectivity index (χ0) is 19.0. The SMILES string of the molecule is Fc1ccccc1[C@H]1CC(c2ccc(Cl)cc2)=NN1c1ccc(Cl)c(Cl)c1. The second-order valence-corrected chi connectivity index (χ2v) is 7.49. The molecule has 6 heteroatoms. The van der Waals surface area contributed by atoms with Gasteiger partial charge in [0.25, 0.3) is 0 Å². The predicted molar refractivity (Wildman–Crippen MR) is 111 cm³/mol. The van der Waals surface area contributed by atoms with Gasteiger partial charge in [-0.3, -0.25) is 5.01 Å². The molecule has 0 fully saturated rings. The van der Waals surface area contributed by atoms with Crippen molar-refractivity contribution in [1.82, 2.24) is 0 Å². The van der Waals surface area contributed by atoms with E-state index >= 15 is 0 Å². The molecular formula is C21H14Cl3FN2. The minimum Gasteiger partial charge on any atom is -0.257 e. The van der Waals surface area contributed by atoms with Gasteiger partial charge in [0.2, 0.25) is 0 Å². The van der Waals surface area contributed by atoms with Crippen LogP contribution in [0.5, 0.6) is 0 Å². The van der Waals surface area contributed by atoms with E-state index < -0.39 is 0 Å².